The zero-order valence-electron chi connectivity index (χ0n) is 24.9. The molecule has 2 unspecified atom stereocenters. The number of amides is 1. The quantitative estimate of drug-likeness (QED) is 0.334. The van der Waals surface area contributed by atoms with Crippen LogP contribution in [0, 0.1) is 30.6 Å². The van der Waals surface area contributed by atoms with Gasteiger partial charge in [-0.3, -0.25) is 9.59 Å². The molecule has 0 N–H and O–H groups in total. The Morgan fingerprint density at radius 2 is 1.15 bits per heavy atom. The number of hydrogen-bond acceptors (Lipinski definition) is 6. The van der Waals surface area contributed by atoms with E-state index in [1.165, 1.54) is 0 Å². The van der Waals surface area contributed by atoms with Crippen molar-refractivity contribution in [3.8, 4) is 23.0 Å². The lowest BCUT2D eigenvalue weighted by Gasteiger charge is -2.55. The predicted octanol–water partition coefficient (Wildman–Crippen LogP) is 7.78. The molecule has 3 aliphatic heterocycles. The van der Waals surface area contributed by atoms with E-state index in [9.17, 15) is 9.59 Å². The molecule has 1 amide bonds. The number of benzene rings is 2. The maximum Gasteiger partial charge on any atom is 0.255 e. The number of carbonyl (C=O) groups excluding carboxylic acids is 2. The molecular formula is C32H37Cl2NO6. The molecule has 0 radical (unpaired) electrons. The van der Waals surface area contributed by atoms with Crippen molar-refractivity contribution in [2.75, 3.05) is 13.1 Å². The molecule has 0 spiro atoms. The highest BCUT2D eigenvalue weighted by Gasteiger charge is 2.52. The van der Waals surface area contributed by atoms with E-state index < -0.39 is 11.6 Å². The highest BCUT2D eigenvalue weighted by molar-refractivity contribution is 6.36. The van der Waals surface area contributed by atoms with Crippen molar-refractivity contribution < 1.29 is 28.5 Å². The second kappa shape index (κ2) is 8.93. The molecule has 9 heteroatoms. The Balaban J connectivity index is 1.26. The molecule has 2 atom stereocenters. The Morgan fingerprint density at radius 3 is 1.63 bits per heavy atom. The first kappa shape index (κ1) is 28.5. The number of piperidine rings is 1. The molecule has 3 heterocycles. The molecular weight excluding hydrogens is 565 g/mol. The van der Waals surface area contributed by atoms with Crippen LogP contribution in [-0.2, 0) is 0 Å². The van der Waals surface area contributed by atoms with Crippen LogP contribution < -0.4 is 18.9 Å². The van der Waals surface area contributed by atoms with E-state index in [0.717, 1.165) is 17.5 Å². The first-order chi connectivity index (χ1) is 18.9. The third kappa shape index (κ3) is 4.73. The van der Waals surface area contributed by atoms with Crippen LogP contribution in [0.5, 0.6) is 23.0 Å². The SMILES string of the molecule is Cc1cc(C(=O)C2CC3(C)CN(C(=O)c4cc(C)c5c(c4Cl)OC(C)(C)O5)CC(C)(C2)C3)c(Cl)c2c1OC(C)(C)O2. The fourth-order valence-corrected chi connectivity index (χ4v) is 8.19. The average Bonchev–Trinajstić information content (AvgIpc) is 3.37. The highest BCUT2D eigenvalue weighted by atomic mass is 35.5. The van der Waals surface area contributed by atoms with Gasteiger partial charge in [0.2, 0.25) is 11.6 Å². The summed E-state index contributed by atoms with van der Waals surface area (Å²) < 4.78 is 23.7. The summed E-state index contributed by atoms with van der Waals surface area (Å²) in [5, 5.41) is 0.580. The minimum absolute atomic E-state index is 0.0168. The summed E-state index contributed by atoms with van der Waals surface area (Å²) in [7, 11) is 0. The van der Waals surface area contributed by atoms with Gasteiger partial charge in [-0.2, -0.15) is 0 Å². The topological polar surface area (TPSA) is 74.3 Å². The number of hydrogen-bond donors (Lipinski definition) is 0. The molecule has 41 heavy (non-hydrogen) atoms. The Morgan fingerprint density at radius 1 is 0.732 bits per heavy atom. The van der Waals surface area contributed by atoms with Gasteiger partial charge in [-0.25, -0.2) is 0 Å². The summed E-state index contributed by atoms with van der Waals surface area (Å²) in [6.45, 7) is 16.5. The average molecular weight is 603 g/mol. The van der Waals surface area contributed by atoms with Gasteiger partial charge in [0.05, 0.1) is 15.6 Å². The molecule has 2 fully saturated rings. The van der Waals surface area contributed by atoms with E-state index in [-0.39, 0.29) is 33.5 Å². The van der Waals surface area contributed by atoms with Gasteiger partial charge in [-0.15, -0.1) is 0 Å². The third-order valence-corrected chi connectivity index (χ3v) is 9.49. The van der Waals surface area contributed by atoms with E-state index in [1.54, 1.807) is 6.07 Å². The van der Waals surface area contributed by atoms with Crippen LogP contribution in [0.2, 0.25) is 10.0 Å². The van der Waals surface area contributed by atoms with Crippen LogP contribution in [0.3, 0.4) is 0 Å². The smallest absolute Gasteiger partial charge is 0.255 e. The molecule has 2 aromatic carbocycles. The molecule has 0 aromatic heterocycles. The van der Waals surface area contributed by atoms with Crippen molar-refractivity contribution in [1.29, 1.82) is 0 Å². The molecule has 6 rings (SSSR count). The van der Waals surface area contributed by atoms with Crippen molar-refractivity contribution in [3.63, 3.8) is 0 Å². The Hall–Kier alpha value is -2.64. The second-order valence-electron chi connectivity index (χ2n) is 14.1. The van der Waals surface area contributed by atoms with Gasteiger partial charge in [-0.1, -0.05) is 37.0 Å². The zero-order chi connectivity index (χ0) is 29.9. The number of carbonyl (C=O) groups is 2. The number of rotatable bonds is 3. The highest BCUT2D eigenvalue weighted by Crippen LogP contribution is 2.55. The Labute approximate surface area is 251 Å². The molecule has 220 valence electrons. The minimum Gasteiger partial charge on any atom is -0.449 e. The first-order valence-corrected chi connectivity index (χ1v) is 14.9. The van der Waals surface area contributed by atoms with Gasteiger partial charge in [-0.05, 0) is 67.2 Å². The van der Waals surface area contributed by atoms with Crippen LogP contribution in [-0.4, -0.2) is 41.3 Å². The number of fused-ring (bicyclic) bond motifs is 4. The molecule has 7 nitrogen and oxygen atoms in total. The van der Waals surface area contributed by atoms with Gasteiger partial charge < -0.3 is 23.8 Å². The maximum absolute atomic E-state index is 14.0. The lowest BCUT2D eigenvalue weighted by Crippen LogP contribution is -2.57. The third-order valence-electron chi connectivity index (χ3n) is 8.74. The number of nitrogens with zero attached hydrogens (tertiary/aromatic N) is 1. The van der Waals surface area contributed by atoms with E-state index in [0.29, 0.717) is 65.1 Å². The minimum atomic E-state index is -0.849. The summed E-state index contributed by atoms with van der Waals surface area (Å²) in [5.41, 5.74) is 2.01. The fourth-order valence-electron chi connectivity index (χ4n) is 7.66. The lowest BCUT2D eigenvalue weighted by molar-refractivity contribution is -0.0439. The van der Waals surface area contributed by atoms with Crippen LogP contribution in [0.15, 0.2) is 12.1 Å². The largest absolute Gasteiger partial charge is 0.449 e. The molecule has 2 bridgehead atoms. The normalized spacial score (nSPS) is 28.5. The second-order valence-corrected chi connectivity index (χ2v) is 14.8. The number of likely N-dealkylation sites (tertiary alicyclic amines) is 1. The van der Waals surface area contributed by atoms with Gasteiger partial charge in [0, 0.05) is 52.3 Å². The molecule has 1 saturated carbocycles. The molecule has 1 aliphatic carbocycles. The summed E-state index contributed by atoms with van der Waals surface area (Å²) in [6, 6.07) is 3.62. The maximum atomic E-state index is 14.0. The summed E-state index contributed by atoms with van der Waals surface area (Å²) in [4.78, 5) is 29.9. The van der Waals surface area contributed by atoms with E-state index in [2.05, 4.69) is 13.8 Å². The van der Waals surface area contributed by atoms with Crippen LogP contribution >= 0.6 is 23.2 Å². The van der Waals surface area contributed by atoms with Crippen molar-refractivity contribution in [2.24, 2.45) is 16.7 Å². The van der Waals surface area contributed by atoms with Gasteiger partial charge >= 0.3 is 0 Å². The fraction of sp³-hybridized carbons (Fsp3) is 0.562. The van der Waals surface area contributed by atoms with Gasteiger partial charge in [0.1, 0.15) is 0 Å². The van der Waals surface area contributed by atoms with Gasteiger partial charge in [0.15, 0.2) is 28.8 Å². The van der Waals surface area contributed by atoms with Crippen molar-refractivity contribution >= 4 is 34.9 Å². The summed E-state index contributed by atoms with van der Waals surface area (Å²) >= 11 is 13.5. The van der Waals surface area contributed by atoms with Crippen LogP contribution in [0.25, 0.3) is 0 Å². The number of ketones is 1. The Kier molecular flexibility index (Phi) is 6.20. The number of ether oxygens (including phenoxy) is 4. The summed E-state index contributed by atoms with van der Waals surface area (Å²) in [6.07, 6.45) is 2.24. The Bertz CT molecular complexity index is 1390. The van der Waals surface area contributed by atoms with Crippen LogP contribution in [0.4, 0.5) is 0 Å². The standard InChI is InChI=1S/C32H37Cl2NO6/c1-16-9-19(21(33)26-24(16)38-29(3,4)40-26)23(36)18-11-31(7)13-32(8,12-18)15-35(14-31)28(37)20-10-17(2)25-27(22(20)34)41-30(5,6)39-25/h9-10,18H,11-15H2,1-8H3. The lowest BCUT2D eigenvalue weighted by atomic mass is 9.56. The summed E-state index contributed by atoms with van der Waals surface area (Å²) in [5.74, 6) is -0.00860. The monoisotopic (exact) mass is 601 g/mol. The van der Waals surface area contributed by atoms with E-state index in [4.69, 9.17) is 42.1 Å². The zero-order valence-corrected chi connectivity index (χ0v) is 26.4. The van der Waals surface area contributed by atoms with Crippen molar-refractivity contribution in [3.05, 3.63) is 44.4 Å². The molecule has 2 aromatic rings. The van der Waals surface area contributed by atoms with Gasteiger partial charge in [0.25, 0.3) is 5.91 Å². The van der Waals surface area contributed by atoms with E-state index >= 15 is 0 Å². The first-order valence-electron chi connectivity index (χ1n) is 14.2. The molecule has 4 aliphatic rings. The van der Waals surface area contributed by atoms with E-state index in [1.807, 2.05) is 52.5 Å². The number of halogens is 2. The van der Waals surface area contributed by atoms with Crippen molar-refractivity contribution in [2.45, 2.75) is 86.2 Å². The van der Waals surface area contributed by atoms with Crippen molar-refractivity contribution in [1.82, 2.24) is 4.90 Å². The number of aryl methyl sites for hydroxylation is 2. The predicted molar refractivity (Wildman–Crippen MR) is 157 cm³/mol. The molecule has 1 saturated heterocycles. The number of Topliss-reactive ketones (excluding diaryl/α,β-unsaturated/α-hetero) is 1. The van der Waals surface area contributed by atoms with Crippen LogP contribution in [0.1, 0.15) is 92.6 Å².